The molecule has 0 unspecified atom stereocenters. The van der Waals surface area contributed by atoms with Crippen LogP contribution in [0.1, 0.15) is 15.9 Å². The zero-order chi connectivity index (χ0) is 24.0. The van der Waals surface area contributed by atoms with Gasteiger partial charge < -0.3 is 20.5 Å². The summed E-state index contributed by atoms with van der Waals surface area (Å²) in [5.41, 5.74) is 6.70. The first-order valence-electron chi connectivity index (χ1n) is 9.78. The van der Waals surface area contributed by atoms with Gasteiger partial charge in [-0.15, -0.1) is 0 Å². The lowest BCUT2D eigenvalue weighted by molar-refractivity contribution is -0.118. The number of methoxy groups -OCH3 is 1. The van der Waals surface area contributed by atoms with Gasteiger partial charge in [0.2, 0.25) is 5.91 Å². The summed E-state index contributed by atoms with van der Waals surface area (Å²) in [7, 11) is -2.38. The summed E-state index contributed by atoms with van der Waals surface area (Å²) in [6.45, 7) is 1.35. The maximum absolute atomic E-state index is 12.9. The van der Waals surface area contributed by atoms with Crippen molar-refractivity contribution >= 4 is 33.2 Å². The molecule has 0 spiro atoms. The fourth-order valence-electron chi connectivity index (χ4n) is 2.90. The lowest BCUT2D eigenvalue weighted by Gasteiger charge is -2.13. The van der Waals surface area contributed by atoms with E-state index in [1.165, 1.54) is 37.4 Å². The highest BCUT2D eigenvalue weighted by molar-refractivity contribution is 7.92. The average molecular weight is 470 g/mol. The highest BCUT2D eigenvalue weighted by Gasteiger charge is 2.18. The molecule has 0 radical (unpaired) electrons. The molecule has 0 aliphatic heterocycles. The second-order valence-corrected chi connectivity index (χ2v) is 8.69. The molecule has 33 heavy (non-hydrogen) atoms. The number of carbonyl (C=O) groups excluding carboxylic acids is 2. The third-order valence-corrected chi connectivity index (χ3v) is 6.14. The Morgan fingerprint density at radius 2 is 1.52 bits per heavy atom. The summed E-state index contributed by atoms with van der Waals surface area (Å²) in [4.78, 5) is 23.4. The average Bonchev–Trinajstić information content (AvgIpc) is 2.79. The van der Waals surface area contributed by atoms with Gasteiger partial charge in [-0.25, -0.2) is 8.42 Å². The van der Waals surface area contributed by atoms with E-state index in [0.717, 1.165) is 0 Å². The highest BCUT2D eigenvalue weighted by Crippen LogP contribution is 2.24. The predicted molar refractivity (Wildman–Crippen MR) is 124 cm³/mol. The third kappa shape index (κ3) is 6.23. The summed E-state index contributed by atoms with van der Waals surface area (Å²) in [6.07, 6.45) is 0. The molecular weight excluding hydrogens is 446 g/mol. The number of hydrogen-bond acceptors (Lipinski definition) is 6. The first-order chi connectivity index (χ1) is 15.7. The van der Waals surface area contributed by atoms with Crippen LogP contribution in [0.3, 0.4) is 0 Å². The Morgan fingerprint density at radius 1 is 0.909 bits per heavy atom. The Labute approximate surface area is 191 Å². The number of nitrogens with one attached hydrogen (secondary N) is 2. The Bertz CT molecular complexity index is 1260. The Hall–Kier alpha value is -4.05. The van der Waals surface area contributed by atoms with Crippen LogP contribution in [-0.2, 0) is 14.8 Å². The molecule has 0 aliphatic carbocycles. The molecule has 2 amide bonds. The van der Waals surface area contributed by atoms with Gasteiger partial charge in [0.05, 0.1) is 12.0 Å². The van der Waals surface area contributed by atoms with Gasteiger partial charge in [0.15, 0.2) is 6.61 Å². The molecular formula is C23H23N3O6S. The number of carbonyl (C=O) groups is 2. The van der Waals surface area contributed by atoms with Gasteiger partial charge in [0.1, 0.15) is 11.5 Å². The van der Waals surface area contributed by atoms with Crippen LogP contribution in [0.5, 0.6) is 11.5 Å². The molecule has 3 aromatic carbocycles. The van der Waals surface area contributed by atoms with Gasteiger partial charge in [-0.2, -0.15) is 0 Å². The van der Waals surface area contributed by atoms with Gasteiger partial charge >= 0.3 is 0 Å². The van der Waals surface area contributed by atoms with Crippen molar-refractivity contribution in [3.8, 4) is 11.5 Å². The normalized spacial score (nSPS) is 10.8. The minimum absolute atomic E-state index is 0.0269. The van der Waals surface area contributed by atoms with E-state index in [1.54, 1.807) is 43.3 Å². The number of rotatable bonds is 9. The van der Waals surface area contributed by atoms with E-state index in [0.29, 0.717) is 34.0 Å². The van der Waals surface area contributed by atoms with Crippen molar-refractivity contribution in [3.63, 3.8) is 0 Å². The van der Waals surface area contributed by atoms with Crippen molar-refractivity contribution in [1.29, 1.82) is 0 Å². The Balaban J connectivity index is 1.67. The molecule has 0 aromatic heterocycles. The molecule has 0 atom stereocenters. The van der Waals surface area contributed by atoms with Crippen LogP contribution in [0.25, 0.3) is 0 Å². The second kappa shape index (κ2) is 10.0. The van der Waals surface area contributed by atoms with Gasteiger partial charge in [-0.1, -0.05) is 6.07 Å². The quantitative estimate of drug-likeness (QED) is 0.441. The molecule has 0 bridgehead atoms. The van der Waals surface area contributed by atoms with Crippen LogP contribution >= 0.6 is 0 Å². The third-order valence-electron chi connectivity index (χ3n) is 4.61. The smallest absolute Gasteiger partial charge is 0.262 e. The second-order valence-electron chi connectivity index (χ2n) is 7.04. The van der Waals surface area contributed by atoms with E-state index in [4.69, 9.17) is 15.2 Å². The van der Waals surface area contributed by atoms with Crippen LogP contribution < -0.4 is 25.2 Å². The van der Waals surface area contributed by atoms with Crippen LogP contribution in [0.2, 0.25) is 0 Å². The van der Waals surface area contributed by atoms with Crippen molar-refractivity contribution in [2.75, 3.05) is 23.8 Å². The number of sulfonamides is 1. The van der Waals surface area contributed by atoms with Crippen LogP contribution in [0, 0.1) is 6.92 Å². The number of hydrogen-bond donors (Lipinski definition) is 3. The van der Waals surface area contributed by atoms with Crippen molar-refractivity contribution in [3.05, 3.63) is 77.9 Å². The summed E-state index contributed by atoms with van der Waals surface area (Å²) in [5, 5.41) is 2.61. The molecule has 172 valence electrons. The Kier molecular flexibility index (Phi) is 7.19. The van der Waals surface area contributed by atoms with Crippen molar-refractivity contribution in [1.82, 2.24) is 0 Å². The molecule has 0 aliphatic rings. The van der Waals surface area contributed by atoms with Gasteiger partial charge in [0, 0.05) is 16.9 Å². The first kappa shape index (κ1) is 23.6. The van der Waals surface area contributed by atoms with E-state index in [-0.39, 0.29) is 11.5 Å². The van der Waals surface area contributed by atoms with E-state index < -0.39 is 21.8 Å². The number of amides is 2. The fourth-order valence-corrected chi connectivity index (χ4v) is 4.23. The molecule has 3 rings (SSSR count). The number of aryl methyl sites for hydroxylation is 1. The van der Waals surface area contributed by atoms with Crippen molar-refractivity contribution in [2.45, 2.75) is 11.8 Å². The van der Waals surface area contributed by atoms with Gasteiger partial charge in [-0.05, 0) is 73.2 Å². The van der Waals surface area contributed by atoms with E-state index in [1.807, 2.05) is 0 Å². The largest absolute Gasteiger partial charge is 0.497 e. The summed E-state index contributed by atoms with van der Waals surface area (Å²) in [5.74, 6) is -0.0638. The number of ether oxygens (including phenoxy) is 2. The number of benzene rings is 3. The molecule has 0 fully saturated rings. The highest BCUT2D eigenvalue weighted by atomic mass is 32.2. The summed E-state index contributed by atoms with van der Waals surface area (Å²) < 4.78 is 38.8. The van der Waals surface area contributed by atoms with Crippen LogP contribution in [-0.4, -0.2) is 33.9 Å². The zero-order valence-electron chi connectivity index (χ0n) is 18.0. The molecule has 0 heterocycles. The predicted octanol–water partition coefficient (Wildman–Crippen LogP) is 2.92. The minimum Gasteiger partial charge on any atom is -0.497 e. The van der Waals surface area contributed by atoms with E-state index >= 15 is 0 Å². The monoisotopic (exact) mass is 469 g/mol. The molecule has 0 saturated carbocycles. The standard InChI is InChI=1S/C23H23N3O6S/c1-15-3-6-18(25-22(27)14-32-20-9-4-16(5-10-20)23(24)28)13-21(15)33(29,30)26-17-7-11-19(31-2)12-8-17/h3-13,26H,14H2,1-2H3,(H2,24,28)(H,25,27). The number of nitrogens with two attached hydrogens (primary N) is 1. The maximum atomic E-state index is 12.9. The Morgan fingerprint density at radius 3 is 2.12 bits per heavy atom. The summed E-state index contributed by atoms with van der Waals surface area (Å²) >= 11 is 0. The minimum atomic E-state index is -3.90. The molecule has 9 nitrogen and oxygen atoms in total. The maximum Gasteiger partial charge on any atom is 0.262 e. The first-order valence-corrected chi connectivity index (χ1v) is 11.3. The fraction of sp³-hybridized carbons (Fsp3) is 0.130. The van der Waals surface area contributed by atoms with E-state index in [9.17, 15) is 18.0 Å². The lowest BCUT2D eigenvalue weighted by Crippen LogP contribution is -2.21. The van der Waals surface area contributed by atoms with Crippen LogP contribution in [0.15, 0.2) is 71.6 Å². The number of primary amides is 1. The summed E-state index contributed by atoms with van der Waals surface area (Å²) in [6, 6.07) is 17.1. The van der Waals surface area contributed by atoms with Crippen molar-refractivity contribution in [2.24, 2.45) is 5.73 Å². The number of anilines is 2. The molecule has 3 aromatic rings. The van der Waals surface area contributed by atoms with Gasteiger partial charge in [0.25, 0.3) is 15.9 Å². The topological polar surface area (TPSA) is 137 Å². The molecule has 0 saturated heterocycles. The zero-order valence-corrected chi connectivity index (χ0v) is 18.8. The van der Waals surface area contributed by atoms with Crippen molar-refractivity contribution < 1.29 is 27.5 Å². The van der Waals surface area contributed by atoms with Gasteiger partial charge in [-0.3, -0.25) is 14.3 Å². The van der Waals surface area contributed by atoms with Crippen LogP contribution in [0.4, 0.5) is 11.4 Å². The lowest BCUT2D eigenvalue weighted by atomic mass is 10.2. The van der Waals surface area contributed by atoms with E-state index in [2.05, 4.69) is 10.0 Å². The SMILES string of the molecule is COc1ccc(NS(=O)(=O)c2cc(NC(=O)COc3ccc(C(N)=O)cc3)ccc2C)cc1. The molecule has 4 N–H and O–H groups in total. The molecule has 10 heteroatoms.